The number of hydrogen-bond acceptors (Lipinski definition) is 4. The van der Waals surface area contributed by atoms with Crippen molar-refractivity contribution in [2.75, 3.05) is 5.32 Å². The van der Waals surface area contributed by atoms with Gasteiger partial charge in [-0.25, -0.2) is 0 Å². The predicted octanol–water partition coefficient (Wildman–Crippen LogP) is 4.87. The second kappa shape index (κ2) is 8.77. The molecule has 0 fully saturated rings. The lowest BCUT2D eigenvalue weighted by atomic mass is 10.2. The monoisotopic (exact) mass is 379 g/mol. The third-order valence-corrected chi connectivity index (χ3v) is 3.94. The number of hydrogen-bond donors (Lipinski definition) is 2. The molecule has 0 bridgehead atoms. The van der Waals surface area contributed by atoms with Crippen LogP contribution in [0.3, 0.4) is 0 Å². The molecule has 3 rings (SSSR count). The van der Waals surface area contributed by atoms with Gasteiger partial charge >= 0.3 is 0 Å². The fraction of sp³-hybridized carbons (Fsp3) is 0.0500. The molecule has 0 aliphatic carbocycles. The first-order chi connectivity index (χ1) is 13.1. The maximum Gasteiger partial charge on any atom is 0.269 e. The van der Waals surface area contributed by atoms with Gasteiger partial charge in [0.2, 0.25) is 0 Å². The van der Waals surface area contributed by atoms with Crippen molar-refractivity contribution in [1.82, 2.24) is 5.32 Å². The molecule has 7 heteroatoms. The van der Waals surface area contributed by atoms with E-state index in [0.717, 1.165) is 11.3 Å². The second-order valence-electron chi connectivity index (χ2n) is 5.67. The lowest BCUT2D eigenvalue weighted by Gasteiger charge is -2.11. The zero-order valence-electron chi connectivity index (χ0n) is 14.3. The average Bonchev–Trinajstić information content (AvgIpc) is 2.69. The quantitative estimate of drug-likeness (QED) is 0.361. The number of nitro benzene ring substituents is 1. The van der Waals surface area contributed by atoms with Crippen LogP contribution in [0.2, 0.25) is 0 Å². The zero-order chi connectivity index (χ0) is 19.1. The Balaban J connectivity index is 1.52. The normalized spacial score (nSPS) is 10.1. The summed E-state index contributed by atoms with van der Waals surface area (Å²) in [5, 5.41) is 17.5. The molecule has 0 spiro atoms. The van der Waals surface area contributed by atoms with Crippen LogP contribution in [0.15, 0.2) is 78.9 Å². The summed E-state index contributed by atoms with van der Waals surface area (Å²) in [6.45, 7) is 0.647. The zero-order valence-corrected chi connectivity index (χ0v) is 15.1. The molecule has 0 saturated carbocycles. The molecule has 0 saturated heterocycles. The largest absolute Gasteiger partial charge is 0.457 e. The summed E-state index contributed by atoms with van der Waals surface area (Å²) in [6.07, 6.45) is 0. The van der Waals surface area contributed by atoms with E-state index in [4.69, 9.17) is 17.0 Å². The Kier molecular flexibility index (Phi) is 5.96. The molecule has 0 amide bonds. The molecule has 3 aromatic carbocycles. The molecule has 0 atom stereocenters. The molecule has 6 nitrogen and oxygen atoms in total. The van der Waals surface area contributed by atoms with Crippen molar-refractivity contribution in [3.63, 3.8) is 0 Å². The van der Waals surface area contributed by atoms with Gasteiger partial charge in [-0.2, -0.15) is 0 Å². The first-order valence-electron chi connectivity index (χ1n) is 8.21. The summed E-state index contributed by atoms with van der Waals surface area (Å²) in [5.74, 6) is 1.15. The van der Waals surface area contributed by atoms with Gasteiger partial charge in [-0.05, 0) is 54.2 Å². The van der Waals surface area contributed by atoms with Crippen LogP contribution in [0.1, 0.15) is 5.56 Å². The molecule has 0 heterocycles. The van der Waals surface area contributed by atoms with E-state index in [1.165, 1.54) is 12.1 Å². The van der Waals surface area contributed by atoms with Crippen molar-refractivity contribution in [1.29, 1.82) is 0 Å². The average molecular weight is 379 g/mol. The maximum atomic E-state index is 10.7. The van der Waals surface area contributed by atoms with Crippen LogP contribution < -0.4 is 15.4 Å². The van der Waals surface area contributed by atoms with Gasteiger partial charge in [0.1, 0.15) is 11.5 Å². The fourth-order valence-electron chi connectivity index (χ4n) is 2.33. The minimum Gasteiger partial charge on any atom is -0.457 e. The number of nitro groups is 1. The van der Waals surface area contributed by atoms with Gasteiger partial charge in [-0.3, -0.25) is 10.1 Å². The summed E-state index contributed by atoms with van der Waals surface area (Å²) in [5.41, 5.74) is 2.00. The van der Waals surface area contributed by atoms with E-state index in [0.29, 0.717) is 23.2 Å². The van der Waals surface area contributed by atoms with E-state index < -0.39 is 4.92 Å². The third-order valence-electron chi connectivity index (χ3n) is 3.69. The second-order valence-corrected chi connectivity index (χ2v) is 6.08. The highest BCUT2D eigenvalue weighted by Gasteiger charge is 2.05. The van der Waals surface area contributed by atoms with Crippen molar-refractivity contribution in [3.05, 3.63) is 94.5 Å². The van der Waals surface area contributed by atoms with Crippen molar-refractivity contribution in [2.24, 2.45) is 0 Å². The first-order valence-corrected chi connectivity index (χ1v) is 8.62. The number of ether oxygens (including phenoxy) is 1. The van der Waals surface area contributed by atoms with Gasteiger partial charge in [0.15, 0.2) is 5.11 Å². The summed E-state index contributed by atoms with van der Waals surface area (Å²) in [7, 11) is 0. The first kappa shape index (κ1) is 18.3. The number of thiocarbonyl (C=S) groups is 1. The Bertz CT molecular complexity index is 913. The molecule has 0 unspecified atom stereocenters. The maximum absolute atomic E-state index is 10.7. The molecule has 0 aromatic heterocycles. The molecule has 3 aromatic rings. The lowest BCUT2D eigenvalue weighted by Crippen LogP contribution is -2.27. The lowest BCUT2D eigenvalue weighted by molar-refractivity contribution is -0.384. The van der Waals surface area contributed by atoms with E-state index in [1.54, 1.807) is 24.3 Å². The van der Waals surface area contributed by atoms with Crippen LogP contribution in [0.5, 0.6) is 11.5 Å². The van der Waals surface area contributed by atoms with Crippen molar-refractivity contribution in [2.45, 2.75) is 6.54 Å². The predicted molar refractivity (Wildman–Crippen MR) is 109 cm³/mol. The SMILES string of the molecule is O=[N+]([O-])c1ccc(Oc2ccc(NC(=S)NCc3ccccc3)cc2)cc1. The van der Waals surface area contributed by atoms with Crippen LogP contribution in [-0.4, -0.2) is 10.0 Å². The Morgan fingerprint density at radius 1 is 0.926 bits per heavy atom. The van der Waals surface area contributed by atoms with Crippen LogP contribution in [-0.2, 0) is 6.54 Å². The van der Waals surface area contributed by atoms with Crippen molar-refractivity contribution >= 4 is 28.7 Å². The smallest absolute Gasteiger partial charge is 0.269 e. The summed E-state index contributed by atoms with van der Waals surface area (Å²) in [4.78, 5) is 10.2. The minimum absolute atomic E-state index is 0.0263. The summed E-state index contributed by atoms with van der Waals surface area (Å²) < 4.78 is 5.68. The Morgan fingerprint density at radius 2 is 1.52 bits per heavy atom. The van der Waals surface area contributed by atoms with E-state index in [9.17, 15) is 10.1 Å². The fourth-order valence-corrected chi connectivity index (χ4v) is 2.52. The standard InChI is InChI=1S/C20H17N3O3S/c24-23(25)17-8-12-19(13-9-17)26-18-10-6-16(7-11-18)22-20(27)21-14-15-4-2-1-3-5-15/h1-13H,14H2,(H2,21,22,27). The van der Waals surface area contributed by atoms with Crippen LogP contribution in [0.4, 0.5) is 11.4 Å². The molecule has 2 N–H and O–H groups in total. The number of nitrogens with one attached hydrogen (secondary N) is 2. The number of rotatable bonds is 6. The summed E-state index contributed by atoms with van der Waals surface area (Å²) in [6, 6.07) is 23.2. The Labute approximate surface area is 162 Å². The molecule has 27 heavy (non-hydrogen) atoms. The third kappa shape index (κ3) is 5.52. The van der Waals surface area contributed by atoms with Gasteiger partial charge in [-0.1, -0.05) is 30.3 Å². The van der Waals surface area contributed by atoms with E-state index >= 15 is 0 Å². The number of anilines is 1. The molecule has 0 aliphatic heterocycles. The van der Waals surface area contributed by atoms with E-state index in [-0.39, 0.29) is 5.69 Å². The molecular formula is C20H17N3O3S. The van der Waals surface area contributed by atoms with Gasteiger partial charge in [0, 0.05) is 24.4 Å². The highest BCUT2D eigenvalue weighted by molar-refractivity contribution is 7.80. The topological polar surface area (TPSA) is 76.4 Å². The van der Waals surface area contributed by atoms with Crippen LogP contribution in [0.25, 0.3) is 0 Å². The van der Waals surface area contributed by atoms with Gasteiger partial charge < -0.3 is 15.4 Å². The molecule has 0 radical (unpaired) electrons. The van der Waals surface area contributed by atoms with Crippen LogP contribution >= 0.6 is 12.2 Å². The van der Waals surface area contributed by atoms with Gasteiger partial charge in [0.05, 0.1) is 4.92 Å². The number of benzene rings is 3. The van der Waals surface area contributed by atoms with Crippen molar-refractivity contribution in [3.8, 4) is 11.5 Å². The van der Waals surface area contributed by atoms with Gasteiger partial charge in [-0.15, -0.1) is 0 Å². The minimum atomic E-state index is -0.445. The van der Waals surface area contributed by atoms with E-state index in [1.807, 2.05) is 42.5 Å². The Morgan fingerprint density at radius 3 is 2.11 bits per heavy atom. The number of nitrogens with zero attached hydrogens (tertiary/aromatic N) is 1. The highest BCUT2D eigenvalue weighted by Crippen LogP contribution is 2.25. The van der Waals surface area contributed by atoms with E-state index in [2.05, 4.69) is 10.6 Å². The Hall–Kier alpha value is -3.45. The molecule has 0 aliphatic rings. The molecular weight excluding hydrogens is 362 g/mol. The van der Waals surface area contributed by atoms with Crippen molar-refractivity contribution < 1.29 is 9.66 Å². The van der Waals surface area contributed by atoms with Crippen LogP contribution in [0, 0.1) is 10.1 Å². The molecule has 136 valence electrons. The highest BCUT2D eigenvalue weighted by atomic mass is 32.1. The van der Waals surface area contributed by atoms with Gasteiger partial charge in [0.25, 0.3) is 5.69 Å². The number of non-ortho nitro benzene ring substituents is 1. The summed E-state index contributed by atoms with van der Waals surface area (Å²) >= 11 is 5.30.